The van der Waals surface area contributed by atoms with E-state index in [-0.39, 0.29) is 17.9 Å². The van der Waals surface area contributed by atoms with E-state index in [2.05, 4.69) is 10.1 Å². The molecule has 20 heavy (non-hydrogen) atoms. The van der Waals surface area contributed by atoms with Crippen LogP contribution in [0.3, 0.4) is 0 Å². The summed E-state index contributed by atoms with van der Waals surface area (Å²) in [5.74, 6) is -0.300. The minimum Gasteiger partial charge on any atom is -0.435 e. The smallest absolute Gasteiger partial charge is 0.410 e. The number of ether oxygens (including phenoxy) is 1. The molecule has 0 heterocycles. The third kappa shape index (κ3) is 3.82. The highest BCUT2D eigenvalue weighted by molar-refractivity contribution is 5.34. The van der Waals surface area contributed by atoms with Crippen LogP contribution in [0, 0.1) is 0 Å². The number of alkyl halides is 5. The molecule has 0 aliphatic rings. The van der Waals surface area contributed by atoms with Gasteiger partial charge in [0.2, 0.25) is 0 Å². The summed E-state index contributed by atoms with van der Waals surface area (Å²) >= 11 is 0. The van der Waals surface area contributed by atoms with Gasteiger partial charge in [-0.15, -0.1) is 0 Å². The Kier molecular flexibility index (Phi) is 5.33. The van der Waals surface area contributed by atoms with Gasteiger partial charge in [0.15, 0.2) is 0 Å². The number of hydrogen-bond donors (Lipinski definition) is 1. The van der Waals surface area contributed by atoms with Crippen LogP contribution in [0.5, 0.6) is 5.75 Å². The maximum absolute atomic E-state index is 13.3. The van der Waals surface area contributed by atoms with Crippen LogP contribution >= 0.6 is 0 Å². The molecule has 1 unspecified atom stereocenters. The highest BCUT2D eigenvalue weighted by atomic mass is 19.4. The van der Waals surface area contributed by atoms with Gasteiger partial charge in [-0.3, -0.25) is 0 Å². The van der Waals surface area contributed by atoms with Crippen molar-refractivity contribution in [1.29, 1.82) is 0 Å². The molecule has 0 aliphatic carbocycles. The lowest BCUT2D eigenvalue weighted by Gasteiger charge is -2.34. The summed E-state index contributed by atoms with van der Waals surface area (Å²) in [6.07, 6.45) is -4.05. The fourth-order valence-corrected chi connectivity index (χ4v) is 1.72. The van der Waals surface area contributed by atoms with Crippen molar-refractivity contribution in [2.24, 2.45) is 0 Å². The lowest BCUT2D eigenvalue weighted by molar-refractivity contribution is -0.195. The van der Waals surface area contributed by atoms with Crippen molar-refractivity contribution in [3.63, 3.8) is 0 Å². The molecule has 0 aromatic heterocycles. The van der Waals surface area contributed by atoms with E-state index in [1.54, 1.807) is 6.92 Å². The van der Waals surface area contributed by atoms with Crippen molar-refractivity contribution in [3.8, 4) is 5.75 Å². The Bertz CT molecular complexity index is 435. The first-order valence-corrected chi connectivity index (χ1v) is 6.08. The Balaban J connectivity index is 3.14. The average molecular weight is 297 g/mol. The van der Waals surface area contributed by atoms with Crippen molar-refractivity contribution in [2.45, 2.75) is 38.6 Å². The molecule has 0 bridgehead atoms. The molecule has 114 valence electrons. The molecule has 1 aromatic carbocycles. The lowest BCUT2D eigenvalue weighted by Crippen LogP contribution is -2.51. The van der Waals surface area contributed by atoms with Crippen LogP contribution in [-0.4, -0.2) is 19.3 Å². The molecule has 0 saturated carbocycles. The molecule has 1 N–H and O–H groups in total. The molecule has 1 atom stereocenters. The quantitative estimate of drug-likeness (QED) is 0.799. The third-order valence-corrected chi connectivity index (χ3v) is 2.93. The Morgan fingerprint density at radius 2 is 1.90 bits per heavy atom. The Labute approximate surface area is 113 Å². The second-order valence-corrected chi connectivity index (χ2v) is 4.46. The van der Waals surface area contributed by atoms with Gasteiger partial charge in [-0.1, -0.05) is 19.1 Å². The fourth-order valence-electron chi connectivity index (χ4n) is 1.72. The largest absolute Gasteiger partial charge is 0.435 e. The predicted molar refractivity (Wildman–Crippen MR) is 64.8 cm³/mol. The van der Waals surface area contributed by atoms with E-state index in [9.17, 15) is 22.0 Å². The lowest BCUT2D eigenvalue weighted by atomic mass is 9.91. The highest BCUT2D eigenvalue weighted by Gasteiger charge is 2.52. The van der Waals surface area contributed by atoms with E-state index in [4.69, 9.17) is 0 Å². The molecule has 1 aromatic rings. The first-order chi connectivity index (χ1) is 9.20. The number of hydrogen-bond acceptors (Lipinski definition) is 2. The molecule has 0 radical (unpaired) electrons. The Morgan fingerprint density at radius 3 is 2.40 bits per heavy atom. The Morgan fingerprint density at radius 1 is 1.25 bits per heavy atom. The maximum Gasteiger partial charge on any atom is 0.410 e. The van der Waals surface area contributed by atoms with Gasteiger partial charge in [0.1, 0.15) is 11.3 Å². The van der Waals surface area contributed by atoms with Crippen molar-refractivity contribution in [3.05, 3.63) is 29.8 Å². The van der Waals surface area contributed by atoms with Gasteiger partial charge >= 0.3 is 12.8 Å². The van der Waals surface area contributed by atoms with E-state index in [1.807, 2.05) is 0 Å². The molecular formula is C13H16F5NO. The van der Waals surface area contributed by atoms with Crippen LogP contribution in [0.1, 0.15) is 25.8 Å². The van der Waals surface area contributed by atoms with E-state index in [0.717, 1.165) is 13.0 Å². The highest BCUT2D eigenvalue weighted by Crippen LogP contribution is 2.39. The standard InChI is InChI=1S/C13H16F5NO/c1-3-7-19-12(2,13(16,17)18)9-5-4-6-10(8-9)20-11(14)15/h4-6,8,11,19H,3,7H2,1-2H3. The minimum atomic E-state index is -4.56. The number of halogens is 5. The summed E-state index contributed by atoms with van der Waals surface area (Å²) < 4.78 is 68.2. The molecule has 2 nitrogen and oxygen atoms in total. The summed E-state index contributed by atoms with van der Waals surface area (Å²) in [4.78, 5) is 0. The van der Waals surface area contributed by atoms with E-state index >= 15 is 0 Å². The second kappa shape index (κ2) is 6.39. The van der Waals surface area contributed by atoms with E-state index in [0.29, 0.717) is 6.42 Å². The fraction of sp³-hybridized carbons (Fsp3) is 0.538. The molecule has 1 rings (SSSR count). The van der Waals surface area contributed by atoms with Gasteiger partial charge < -0.3 is 10.1 Å². The normalized spacial score (nSPS) is 15.2. The molecule has 7 heteroatoms. The van der Waals surface area contributed by atoms with Gasteiger partial charge in [0, 0.05) is 0 Å². The van der Waals surface area contributed by atoms with Gasteiger partial charge in [0.05, 0.1) is 0 Å². The SMILES string of the molecule is CCCNC(C)(c1cccc(OC(F)F)c1)C(F)(F)F. The molecule has 0 amide bonds. The van der Waals surface area contributed by atoms with Gasteiger partial charge in [-0.25, -0.2) is 0 Å². The average Bonchev–Trinajstić information content (AvgIpc) is 2.34. The monoisotopic (exact) mass is 297 g/mol. The van der Waals surface area contributed by atoms with Crippen molar-refractivity contribution in [1.82, 2.24) is 5.32 Å². The minimum absolute atomic E-state index is 0.149. The first kappa shape index (κ1) is 16.7. The van der Waals surface area contributed by atoms with Crippen molar-refractivity contribution < 1.29 is 26.7 Å². The van der Waals surface area contributed by atoms with Crippen LogP contribution in [0.15, 0.2) is 24.3 Å². The van der Waals surface area contributed by atoms with Crippen LogP contribution in [-0.2, 0) is 5.54 Å². The number of nitrogens with one attached hydrogen (secondary N) is 1. The number of rotatable bonds is 6. The summed E-state index contributed by atoms with van der Waals surface area (Å²) in [7, 11) is 0. The van der Waals surface area contributed by atoms with E-state index < -0.39 is 18.3 Å². The van der Waals surface area contributed by atoms with Crippen molar-refractivity contribution in [2.75, 3.05) is 6.54 Å². The first-order valence-electron chi connectivity index (χ1n) is 6.08. The summed E-state index contributed by atoms with van der Waals surface area (Å²) in [5.41, 5.74) is -2.48. The molecule has 0 fully saturated rings. The zero-order valence-electron chi connectivity index (χ0n) is 11.1. The molecule has 0 aliphatic heterocycles. The third-order valence-electron chi connectivity index (χ3n) is 2.93. The Hall–Kier alpha value is -1.37. The molecular weight excluding hydrogens is 281 g/mol. The number of benzene rings is 1. The zero-order chi connectivity index (χ0) is 15.4. The van der Waals surface area contributed by atoms with E-state index in [1.165, 1.54) is 18.2 Å². The van der Waals surface area contributed by atoms with Crippen LogP contribution in [0.2, 0.25) is 0 Å². The van der Waals surface area contributed by atoms with Crippen LogP contribution in [0.25, 0.3) is 0 Å². The summed E-state index contributed by atoms with van der Waals surface area (Å²) in [6.45, 7) is -0.216. The summed E-state index contributed by atoms with van der Waals surface area (Å²) in [6, 6.07) is 4.65. The van der Waals surface area contributed by atoms with Gasteiger partial charge in [-0.2, -0.15) is 22.0 Å². The topological polar surface area (TPSA) is 21.3 Å². The zero-order valence-corrected chi connectivity index (χ0v) is 11.1. The van der Waals surface area contributed by atoms with Crippen molar-refractivity contribution >= 4 is 0 Å². The maximum atomic E-state index is 13.3. The second-order valence-electron chi connectivity index (χ2n) is 4.46. The van der Waals surface area contributed by atoms with Crippen LogP contribution < -0.4 is 10.1 Å². The summed E-state index contributed by atoms with van der Waals surface area (Å²) in [5, 5.41) is 2.41. The van der Waals surface area contributed by atoms with Gasteiger partial charge in [-0.05, 0) is 37.6 Å². The van der Waals surface area contributed by atoms with Gasteiger partial charge in [0.25, 0.3) is 0 Å². The molecule has 0 saturated heterocycles. The molecule has 0 spiro atoms. The van der Waals surface area contributed by atoms with Crippen LogP contribution in [0.4, 0.5) is 22.0 Å². The predicted octanol–water partition coefficient (Wildman–Crippen LogP) is 4.07.